The molecule has 1 saturated heterocycles. The van der Waals surface area contributed by atoms with Crippen molar-refractivity contribution in [3.05, 3.63) is 71.5 Å². The molecule has 43 heavy (non-hydrogen) atoms. The van der Waals surface area contributed by atoms with Gasteiger partial charge in [-0.05, 0) is 66.8 Å². The second-order valence-corrected chi connectivity index (χ2v) is 11.7. The molecule has 1 aliphatic carbocycles. The van der Waals surface area contributed by atoms with E-state index in [9.17, 15) is 14.4 Å². The van der Waals surface area contributed by atoms with Gasteiger partial charge in [0.15, 0.2) is 5.78 Å². The molecule has 4 heterocycles. The second-order valence-electron chi connectivity index (χ2n) is 11.7. The van der Waals surface area contributed by atoms with Gasteiger partial charge in [0.05, 0.1) is 24.6 Å². The molecule has 10 heteroatoms. The van der Waals surface area contributed by atoms with E-state index in [2.05, 4.69) is 27.4 Å². The summed E-state index contributed by atoms with van der Waals surface area (Å²) in [5, 5.41) is 9.94. The van der Waals surface area contributed by atoms with Gasteiger partial charge < -0.3 is 28.8 Å². The van der Waals surface area contributed by atoms with Crippen molar-refractivity contribution < 1.29 is 33.7 Å². The minimum Gasteiger partial charge on any atom is -0.496 e. The van der Waals surface area contributed by atoms with Crippen LogP contribution < -0.4 is 14.2 Å². The number of amides is 1. The largest absolute Gasteiger partial charge is 0.512 e. The molecule has 220 valence electrons. The minimum absolute atomic E-state index is 0.0228. The predicted octanol–water partition coefficient (Wildman–Crippen LogP) is 6.05. The van der Waals surface area contributed by atoms with Gasteiger partial charge in [-0.3, -0.25) is 9.59 Å². The van der Waals surface area contributed by atoms with E-state index in [4.69, 9.17) is 14.6 Å². The molecule has 1 amide bonds. The highest BCUT2D eigenvalue weighted by atomic mass is 16.7. The number of methoxy groups -OCH3 is 1. The van der Waals surface area contributed by atoms with Crippen molar-refractivity contribution in [3.63, 3.8) is 0 Å². The van der Waals surface area contributed by atoms with Crippen molar-refractivity contribution in [2.24, 2.45) is 0 Å². The number of fused-ring (bicyclic) bond motifs is 2. The van der Waals surface area contributed by atoms with E-state index in [1.807, 2.05) is 23.1 Å². The molecule has 3 aliphatic rings. The summed E-state index contributed by atoms with van der Waals surface area (Å²) in [5.41, 5.74) is 3.98. The predicted molar refractivity (Wildman–Crippen MR) is 157 cm³/mol. The van der Waals surface area contributed by atoms with Crippen molar-refractivity contribution in [3.8, 4) is 28.5 Å². The Morgan fingerprint density at radius 2 is 1.84 bits per heavy atom. The summed E-state index contributed by atoms with van der Waals surface area (Å²) in [7, 11) is 1.64. The summed E-state index contributed by atoms with van der Waals surface area (Å²) in [6.07, 6.45) is 5.77. The average molecular weight is 582 g/mol. The fraction of sp³-hybridized carbons (Fsp3) is 0.333. The molecule has 1 N–H and O–H groups in total. The lowest BCUT2D eigenvalue weighted by molar-refractivity contribution is -0.00571. The first-order valence-electron chi connectivity index (χ1n) is 14.5. The maximum absolute atomic E-state index is 13.7. The van der Waals surface area contributed by atoms with Crippen molar-refractivity contribution >= 4 is 28.7 Å². The van der Waals surface area contributed by atoms with Crippen LogP contribution in [-0.4, -0.2) is 63.2 Å². The van der Waals surface area contributed by atoms with Gasteiger partial charge in [-0.15, -0.1) is 0 Å². The SMILES string of the molecule is COc1cc(C(=O)N2CCC3(CC2)CC(=O)c2cc(-c4ccnc(OC(=O)O)c4)ccc2O3)cc2c1c(C)cn2C1CC1. The van der Waals surface area contributed by atoms with Crippen LogP contribution in [0.2, 0.25) is 0 Å². The third-order valence-corrected chi connectivity index (χ3v) is 8.80. The second kappa shape index (κ2) is 10.1. The summed E-state index contributed by atoms with van der Waals surface area (Å²) >= 11 is 0. The van der Waals surface area contributed by atoms with E-state index < -0.39 is 11.8 Å². The Morgan fingerprint density at radius 1 is 1.07 bits per heavy atom. The number of benzene rings is 2. The van der Waals surface area contributed by atoms with Gasteiger partial charge in [0, 0.05) is 61.4 Å². The highest BCUT2D eigenvalue weighted by Crippen LogP contribution is 2.43. The summed E-state index contributed by atoms with van der Waals surface area (Å²) < 4.78 is 19.1. The molecule has 1 saturated carbocycles. The number of piperidine rings is 1. The molecule has 4 aromatic rings. The van der Waals surface area contributed by atoms with Crippen LogP contribution in [0.25, 0.3) is 22.0 Å². The monoisotopic (exact) mass is 581 g/mol. The first-order chi connectivity index (χ1) is 20.7. The molecule has 2 aromatic carbocycles. The van der Waals surface area contributed by atoms with Crippen LogP contribution in [0, 0.1) is 6.92 Å². The Bertz CT molecular complexity index is 1800. The molecule has 2 fully saturated rings. The van der Waals surface area contributed by atoms with E-state index in [-0.39, 0.29) is 24.0 Å². The Hall–Kier alpha value is -4.86. The number of ketones is 1. The lowest BCUT2D eigenvalue weighted by Crippen LogP contribution is -2.52. The summed E-state index contributed by atoms with van der Waals surface area (Å²) in [6.45, 7) is 3.03. The van der Waals surface area contributed by atoms with Gasteiger partial charge in [0.25, 0.3) is 5.91 Å². The van der Waals surface area contributed by atoms with Gasteiger partial charge in [0.2, 0.25) is 5.88 Å². The Labute approximate surface area is 247 Å². The van der Waals surface area contributed by atoms with E-state index >= 15 is 0 Å². The zero-order valence-corrected chi connectivity index (χ0v) is 24.0. The number of hydrogen-bond donors (Lipinski definition) is 1. The summed E-state index contributed by atoms with van der Waals surface area (Å²) in [5.74, 6) is 1.11. The van der Waals surface area contributed by atoms with Gasteiger partial charge in [-0.1, -0.05) is 6.07 Å². The number of aryl methyl sites for hydroxylation is 1. The molecule has 1 spiro atoms. The minimum atomic E-state index is -1.45. The van der Waals surface area contributed by atoms with Crippen LogP contribution >= 0.6 is 0 Å². The highest BCUT2D eigenvalue weighted by Gasteiger charge is 2.44. The number of likely N-dealkylation sites (tertiary alicyclic amines) is 1. The number of rotatable bonds is 5. The van der Waals surface area contributed by atoms with Crippen molar-refractivity contribution in [1.82, 2.24) is 14.5 Å². The fourth-order valence-corrected chi connectivity index (χ4v) is 6.47. The molecule has 2 aliphatic heterocycles. The number of carboxylic acid groups (broad SMARTS) is 1. The highest BCUT2D eigenvalue weighted by molar-refractivity contribution is 6.02. The number of aromatic nitrogens is 2. The lowest BCUT2D eigenvalue weighted by Gasteiger charge is -2.44. The normalized spacial score (nSPS) is 17.4. The maximum atomic E-state index is 13.7. The molecule has 0 bridgehead atoms. The number of hydrogen-bond acceptors (Lipinski definition) is 7. The molecule has 0 radical (unpaired) electrons. The standard InChI is InChI=1S/C33H31N3O7/c1-19-18-36(23-4-5-23)25-14-22(15-28(41-2)30(19)25)31(38)35-11-8-33(9-12-35)17-26(37)24-13-20(3-6-27(24)43-33)21-7-10-34-29(16-21)42-32(39)40/h3,6-7,10,13-16,18,23H,4-5,8-9,11-12,17H2,1-2H3,(H,39,40). The summed E-state index contributed by atoms with van der Waals surface area (Å²) in [6, 6.07) is 12.9. The molecule has 7 rings (SSSR count). The third kappa shape index (κ3) is 4.86. The third-order valence-electron chi connectivity index (χ3n) is 8.80. The molecular weight excluding hydrogens is 550 g/mol. The van der Waals surface area contributed by atoms with E-state index in [0.717, 1.165) is 34.9 Å². The van der Waals surface area contributed by atoms with Gasteiger partial charge in [-0.2, -0.15) is 0 Å². The smallest absolute Gasteiger partial charge is 0.496 e. The average Bonchev–Trinajstić information content (AvgIpc) is 3.79. The zero-order chi connectivity index (χ0) is 29.9. The van der Waals surface area contributed by atoms with Gasteiger partial charge in [0.1, 0.15) is 17.1 Å². The summed E-state index contributed by atoms with van der Waals surface area (Å²) in [4.78, 5) is 43.7. The van der Waals surface area contributed by atoms with Crippen LogP contribution in [0.3, 0.4) is 0 Å². The maximum Gasteiger partial charge on any atom is 0.512 e. The lowest BCUT2D eigenvalue weighted by atomic mass is 9.82. The number of ether oxygens (including phenoxy) is 3. The quantitative estimate of drug-likeness (QED) is 0.283. The number of Topliss-reactive ketones (excluding diaryl/α,β-unsaturated/α-hetero) is 1. The Balaban J connectivity index is 1.08. The van der Waals surface area contributed by atoms with Crippen LogP contribution in [-0.2, 0) is 0 Å². The van der Waals surface area contributed by atoms with Crippen molar-refractivity contribution in [2.75, 3.05) is 20.2 Å². The van der Waals surface area contributed by atoms with Crippen LogP contribution in [0.15, 0.2) is 54.9 Å². The fourth-order valence-electron chi connectivity index (χ4n) is 6.47. The topological polar surface area (TPSA) is 120 Å². The van der Waals surface area contributed by atoms with Gasteiger partial charge >= 0.3 is 6.16 Å². The number of pyridine rings is 1. The van der Waals surface area contributed by atoms with E-state index in [1.165, 1.54) is 12.3 Å². The van der Waals surface area contributed by atoms with E-state index in [1.54, 1.807) is 25.3 Å². The van der Waals surface area contributed by atoms with Crippen LogP contribution in [0.4, 0.5) is 4.79 Å². The van der Waals surface area contributed by atoms with Crippen LogP contribution in [0.5, 0.6) is 17.4 Å². The number of nitrogens with zero attached hydrogens (tertiary/aromatic N) is 3. The molecule has 2 aromatic heterocycles. The molecule has 0 unspecified atom stereocenters. The first-order valence-corrected chi connectivity index (χ1v) is 14.5. The number of carbonyl (C=O) groups excluding carboxylic acids is 2. The Kier molecular flexibility index (Phi) is 6.37. The van der Waals surface area contributed by atoms with Crippen molar-refractivity contribution in [2.45, 2.75) is 50.7 Å². The number of carbonyl (C=O) groups is 3. The molecule has 0 atom stereocenters. The Morgan fingerprint density at radius 3 is 2.56 bits per heavy atom. The van der Waals surface area contributed by atoms with Crippen molar-refractivity contribution in [1.29, 1.82) is 0 Å². The van der Waals surface area contributed by atoms with Crippen LogP contribution in [0.1, 0.15) is 64.4 Å². The molecular formula is C33H31N3O7. The molecule has 10 nitrogen and oxygen atoms in total. The first kappa shape index (κ1) is 27.0. The van der Waals surface area contributed by atoms with E-state index in [0.29, 0.717) is 60.2 Å². The van der Waals surface area contributed by atoms with Gasteiger partial charge in [-0.25, -0.2) is 9.78 Å². The zero-order valence-electron chi connectivity index (χ0n) is 24.0.